The van der Waals surface area contributed by atoms with Crippen LogP contribution in [0.2, 0.25) is 0 Å². The molecular formula is C90H56N4O2. The maximum Gasteiger partial charge on any atom is 0.159 e. The van der Waals surface area contributed by atoms with Gasteiger partial charge in [-0.25, -0.2) is 0 Å². The first-order chi connectivity index (χ1) is 47.7. The summed E-state index contributed by atoms with van der Waals surface area (Å²) in [6.45, 7) is 0. The fourth-order valence-corrected chi connectivity index (χ4v) is 16.7. The molecule has 0 spiro atoms. The summed E-state index contributed by atoms with van der Waals surface area (Å²) >= 11 is 0. The van der Waals surface area contributed by atoms with E-state index in [1.165, 1.54) is 70.9 Å². The molecular weight excluding hydrogens is 1170 g/mol. The summed E-state index contributed by atoms with van der Waals surface area (Å²) in [5, 5.41) is 13.9. The average Bonchev–Trinajstić information content (AvgIpc) is 1.49. The Kier molecular flexibility index (Phi) is 11.3. The van der Waals surface area contributed by atoms with Crippen LogP contribution in [0.4, 0.5) is 28.4 Å². The third-order valence-electron chi connectivity index (χ3n) is 20.5. The summed E-state index contributed by atoms with van der Waals surface area (Å²) in [4.78, 5) is 4.91. The van der Waals surface area contributed by atoms with E-state index in [4.69, 9.17) is 8.83 Å². The van der Waals surface area contributed by atoms with E-state index in [1.807, 2.05) is 0 Å². The fraction of sp³-hybridized carbons (Fsp3) is 0.0222. The molecule has 0 radical (unpaired) electrons. The molecule has 0 bridgehead atoms. The Labute approximate surface area is 551 Å². The van der Waals surface area contributed by atoms with E-state index in [2.05, 4.69) is 334 Å². The van der Waals surface area contributed by atoms with E-state index in [1.54, 1.807) is 0 Å². The Morgan fingerprint density at radius 2 is 0.635 bits per heavy atom. The SMILES string of the molecule is C1=CC(N(c2cccc3c2oc2c(-c4ccccc4)cccc23)c2cccc3c2c2cccc4c5c(-c6ccccc6)c6c(c(-c7ccccc7)c5n3c24)c2cccc3c4c(N(c5ccccc5)c5cccc7c5oc5c(-c8ccccc8)cccc57)cccc4n6c32)=CCC1. The highest BCUT2D eigenvalue weighted by atomic mass is 16.3. The summed E-state index contributed by atoms with van der Waals surface area (Å²) in [7, 11) is 0. The van der Waals surface area contributed by atoms with Gasteiger partial charge in [0.1, 0.15) is 11.2 Å². The third-order valence-corrected chi connectivity index (χ3v) is 20.5. The molecule has 1 aliphatic carbocycles. The van der Waals surface area contributed by atoms with E-state index < -0.39 is 0 Å². The zero-order valence-corrected chi connectivity index (χ0v) is 52.0. The van der Waals surface area contributed by atoms with Crippen molar-refractivity contribution in [1.82, 2.24) is 8.80 Å². The molecule has 6 aromatic heterocycles. The molecule has 6 nitrogen and oxygen atoms in total. The van der Waals surface area contributed by atoms with E-state index in [-0.39, 0.29) is 0 Å². The smallest absolute Gasteiger partial charge is 0.159 e. The van der Waals surface area contributed by atoms with Gasteiger partial charge in [-0.3, -0.25) is 0 Å². The lowest BCUT2D eigenvalue weighted by molar-refractivity contribution is 0.669. The minimum Gasteiger partial charge on any atom is -0.453 e. The predicted molar refractivity (Wildman–Crippen MR) is 402 cm³/mol. The minimum absolute atomic E-state index is 0.836. The number of benzene rings is 14. The monoisotopic (exact) mass is 1220 g/mol. The van der Waals surface area contributed by atoms with Gasteiger partial charge in [-0.05, 0) is 89.7 Å². The molecule has 0 saturated carbocycles. The molecule has 0 atom stereocenters. The van der Waals surface area contributed by atoms with Crippen LogP contribution in [0.25, 0.3) is 165 Å². The number of para-hydroxylation sites is 7. The molecule has 448 valence electrons. The number of furan rings is 2. The van der Waals surface area contributed by atoms with Crippen LogP contribution < -0.4 is 9.80 Å². The second-order valence-corrected chi connectivity index (χ2v) is 25.6. The van der Waals surface area contributed by atoms with Crippen LogP contribution in [0.3, 0.4) is 0 Å². The molecule has 0 amide bonds. The second kappa shape index (κ2) is 20.4. The highest BCUT2D eigenvalue weighted by Crippen LogP contribution is 2.57. The Morgan fingerprint density at radius 1 is 0.271 bits per heavy atom. The number of anilines is 5. The van der Waals surface area contributed by atoms with Gasteiger partial charge in [0, 0.05) is 98.3 Å². The van der Waals surface area contributed by atoms with Crippen LogP contribution in [0.1, 0.15) is 12.8 Å². The lowest BCUT2D eigenvalue weighted by Crippen LogP contribution is -2.16. The van der Waals surface area contributed by atoms with Gasteiger partial charge in [0.05, 0.1) is 55.8 Å². The summed E-state index contributed by atoms with van der Waals surface area (Å²) in [6.07, 6.45) is 8.95. The molecule has 20 aromatic rings. The van der Waals surface area contributed by atoms with Crippen LogP contribution >= 0.6 is 0 Å². The normalized spacial score (nSPS) is 12.9. The summed E-state index contributed by atoms with van der Waals surface area (Å²) < 4.78 is 19.8. The summed E-state index contributed by atoms with van der Waals surface area (Å²) in [6, 6.07) is 109. The molecule has 0 saturated heterocycles. The number of nitrogens with zero attached hydrogens (tertiary/aromatic N) is 4. The number of aromatic nitrogens is 2. The van der Waals surface area contributed by atoms with Crippen LogP contribution in [0, 0.1) is 0 Å². The molecule has 6 heterocycles. The Balaban J connectivity index is 0.867. The third kappa shape index (κ3) is 7.35. The molecule has 0 fully saturated rings. The van der Waals surface area contributed by atoms with Gasteiger partial charge in [-0.15, -0.1) is 0 Å². The van der Waals surface area contributed by atoms with Gasteiger partial charge in [-0.1, -0.05) is 261 Å². The maximum absolute atomic E-state index is 7.27. The van der Waals surface area contributed by atoms with E-state index >= 15 is 0 Å². The first-order valence-corrected chi connectivity index (χ1v) is 33.2. The van der Waals surface area contributed by atoms with E-state index in [9.17, 15) is 0 Å². The Morgan fingerprint density at radius 3 is 1.09 bits per heavy atom. The molecule has 0 aliphatic heterocycles. The van der Waals surface area contributed by atoms with Crippen molar-refractivity contribution >= 4 is 149 Å². The fourth-order valence-electron chi connectivity index (χ4n) is 16.7. The highest BCUT2D eigenvalue weighted by molar-refractivity contribution is 6.39. The molecule has 6 heteroatoms. The van der Waals surface area contributed by atoms with Crippen molar-refractivity contribution in [2.24, 2.45) is 0 Å². The summed E-state index contributed by atoms with van der Waals surface area (Å²) in [5.74, 6) is 0. The van der Waals surface area contributed by atoms with Gasteiger partial charge in [0.25, 0.3) is 0 Å². The van der Waals surface area contributed by atoms with Crippen LogP contribution in [-0.2, 0) is 0 Å². The maximum atomic E-state index is 7.27. The number of hydrogen-bond acceptors (Lipinski definition) is 4. The Bertz CT molecular complexity index is 6610. The van der Waals surface area contributed by atoms with Gasteiger partial charge < -0.3 is 27.4 Å². The van der Waals surface area contributed by atoms with Gasteiger partial charge in [0.2, 0.25) is 0 Å². The number of allylic oxidation sites excluding steroid dienone is 3. The Hall–Kier alpha value is -12.6. The van der Waals surface area contributed by atoms with Crippen molar-refractivity contribution in [3.8, 4) is 44.5 Å². The number of hydrogen-bond donors (Lipinski definition) is 0. The molecule has 0 unspecified atom stereocenters. The van der Waals surface area contributed by atoms with Gasteiger partial charge in [0.15, 0.2) is 11.2 Å². The van der Waals surface area contributed by atoms with Gasteiger partial charge in [-0.2, -0.15) is 0 Å². The standard InChI is InChI=1S/C90H56N4O2/c1-7-27-55(28-8-1)61-39-19-41-63-65-43-23-53-75(89(65)95-87(61)63)91(59-35-15-5-16-36-59)71-49-25-51-73-79(71)67-45-21-47-69-81-78(58-33-13-4-14-34-58)86-82(77(57-31-11-3-12-32-57)85(81)93(73)83(67)69)70-48-22-46-68-80-72(50-26-52-74(80)94(86)84(68)70)92(60-37-17-6-18-38-60)76-54-24-44-66-64-42-20-40-62(88(64)96-90(66)76)56-29-9-2-10-30-56/h1-5,7-17,19-54H,6,18H2. The predicted octanol–water partition coefficient (Wildman–Crippen LogP) is 25.3. The lowest BCUT2D eigenvalue weighted by Gasteiger charge is -2.28. The van der Waals surface area contributed by atoms with Crippen molar-refractivity contribution in [3.63, 3.8) is 0 Å². The first-order valence-electron chi connectivity index (χ1n) is 33.2. The summed E-state index contributed by atoms with van der Waals surface area (Å²) in [5.41, 5.74) is 25.9. The molecule has 96 heavy (non-hydrogen) atoms. The van der Waals surface area contributed by atoms with Crippen molar-refractivity contribution in [2.45, 2.75) is 12.8 Å². The highest BCUT2D eigenvalue weighted by Gasteiger charge is 2.34. The first kappa shape index (κ1) is 52.9. The lowest BCUT2D eigenvalue weighted by atomic mass is 9.89. The van der Waals surface area contributed by atoms with Crippen LogP contribution in [0.15, 0.2) is 330 Å². The minimum atomic E-state index is 0.836. The van der Waals surface area contributed by atoms with Crippen molar-refractivity contribution in [3.05, 3.63) is 321 Å². The number of fused-ring (bicyclic) bond motifs is 18. The zero-order chi connectivity index (χ0) is 62.7. The molecule has 21 rings (SSSR count). The largest absolute Gasteiger partial charge is 0.453 e. The molecule has 14 aromatic carbocycles. The number of rotatable bonds is 10. The molecule has 0 N–H and O–H groups in total. The van der Waals surface area contributed by atoms with Crippen molar-refractivity contribution in [1.29, 1.82) is 0 Å². The van der Waals surface area contributed by atoms with E-state index in [0.717, 1.165) is 141 Å². The van der Waals surface area contributed by atoms with Crippen LogP contribution in [0.5, 0.6) is 0 Å². The second-order valence-electron chi connectivity index (χ2n) is 25.6. The quantitative estimate of drug-likeness (QED) is 0.137. The van der Waals surface area contributed by atoms with Gasteiger partial charge >= 0.3 is 0 Å². The zero-order valence-electron chi connectivity index (χ0n) is 52.0. The molecule has 1 aliphatic rings. The topological polar surface area (TPSA) is 41.6 Å². The van der Waals surface area contributed by atoms with Crippen molar-refractivity contribution in [2.75, 3.05) is 9.80 Å². The average molecular weight is 1230 g/mol. The van der Waals surface area contributed by atoms with Crippen LogP contribution in [-0.4, -0.2) is 8.80 Å². The van der Waals surface area contributed by atoms with E-state index in [0.29, 0.717) is 0 Å². The van der Waals surface area contributed by atoms with Crippen molar-refractivity contribution < 1.29 is 8.83 Å².